The molecule has 2 aliphatic rings. The Hall–Kier alpha value is -2.08. The summed E-state index contributed by atoms with van der Waals surface area (Å²) in [4.78, 5) is 26.3. The highest BCUT2D eigenvalue weighted by molar-refractivity contribution is 6.32. The predicted octanol–water partition coefficient (Wildman–Crippen LogP) is 3.22. The van der Waals surface area contributed by atoms with Gasteiger partial charge < -0.3 is 14.6 Å². The van der Waals surface area contributed by atoms with Gasteiger partial charge in [0, 0.05) is 25.1 Å². The quantitative estimate of drug-likeness (QED) is 0.902. The van der Waals surface area contributed by atoms with Crippen molar-refractivity contribution in [3.05, 3.63) is 41.1 Å². The van der Waals surface area contributed by atoms with E-state index in [1.165, 1.54) is 12.8 Å². The second-order valence-electron chi connectivity index (χ2n) is 6.40. The summed E-state index contributed by atoms with van der Waals surface area (Å²) in [5.41, 5.74) is 0.484. The molecule has 126 valence electrons. The summed E-state index contributed by atoms with van der Waals surface area (Å²) in [6.07, 6.45) is 9.31. The van der Waals surface area contributed by atoms with Gasteiger partial charge in [0.2, 0.25) is 5.88 Å². The molecule has 1 saturated heterocycles. The van der Waals surface area contributed by atoms with Gasteiger partial charge in [-0.3, -0.25) is 4.79 Å². The van der Waals surface area contributed by atoms with Gasteiger partial charge in [-0.1, -0.05) is 11.6 Å². The van der Waals surface area contributed by atoms with Crippen LogP contribution < -0.4 is 4.74 Å². The van der Waals surface area contributed by atoms with Crippen LogP contribution in [0.2, 0.25) is 5.02 Å². The minimum absolute atomic E-state index is 0.0166. The van der Waals surface area contributed by atoms with Gasteiger partial charge >= 0.3 is 0 Å². The zero-order valence-electron chi connectivity index (χ0n) is 13.2. The first kappa shape index (κ1) is 15.4. The van der Waals surface area contributed by atoms with Crippen molar-refractivity contribution in [2.75, 3.05) is 13.2 Å². The van der Waals surface area contributed by atoms with Crippen molar-refractivity contribution >= 4 is 17.5 Å². The van der Waals surface area contributed by atoms with Crippen LogP contribution >= 0.6 is 11.6 Å². The number of nitrogens with one attached hydrogen (secondary N) is 1. The van der Waals surface area contributed by atoms with E-state index in [2.05, 4.69) is 15.0 Å². The lowest BCUT2D eigenvalue weighted by Crippen LogP contribution is -2.31. The van der Waals surface area contributed by atoms with E-state index >= 15 is 0 Å². The number of aromatic amines is 1. The number of ether oxygens (including phenoxy) is 1. The van der Waals surface area contributed by atoms with Crippen molar-refractivity contribution in [1.82, 2.24) is 19.9 Å². The maximum Gasteiger partial charge on any atom is 0.256 e. The van der Waals surface area contributed by atoms with Crippen LogP contribution in [-0.4, -0.2) is 38.9 Å². The Labute approximate surface area is 145 Å². The summed E-state index contributed by atoms with van der Waals surface area (Å²) in [7, 11) is 0. The molecule has 1 unspecified atom stereocenters. The Balaban J connectivity index is 1.50. The number of imidazole rings is 1. The number of hydrogen-bond donors (Lipinski definition) is 1. The number of pyridine rings is 1. The van der Waals surface area contributed by atoms with Gasteiger partial charge in [0.25, 0.3) is 5.91 Å². The minimum atomic E-state index is -0.0722. The monoisotopic (exact) mass is 346 g/mol. The molecule has 0 spiro atoms. The summed E-state index contributed by atoms with van der Waals surface area (Å²) < 4.78 is 5.62. The van der Waals surface area contributed by atoms with Crippen molar-refractivity contribution in [2.24, 2.45) is 5.92 Å². The molecule has 2 aromatic rings. The zero-order chi connectivity index (χ0) is 16.5. The van der Waals surface area contributed by atoms with E-state index in [1.54, 1.807) is 24.7 Å². The van der Waals surface area contributed by atoms with Crippen molar-refractivity contribution in [1.29, 1.82) is 0 Å². The van der Waals surface area contributed by atoms with Crippen molar-refractivity contribution in [3.63, 3.8) is 0 Å². The molecule has 1 N–H and O–H groups in total. The Morgan fingerprint density at radius 3 is 2.96 bits per heavy atom. The van der Waals surface area contributed by atoms with E-state index in [0.717, 1.165) is 18.7 Å². The van der Waals surface area contributed by atoms with E-state index in [0.29, 0.717) is 35.5 Å². The van der Waals surface area contributed by atoms with Crippen molar-refractivity contribution in [2.45, 2.75) is 31.7 Å². The van der Waals surface area contributed by atoms with Crippen LogP contribution in [0, 0.1) is 5.92 Å². The van der Waals surface area contributed by atoms with Crippen LogP contribution in [0.25, 0.3) is 0 Å². The van der Waals surface area contributed by atoms with E-state index in [9.17, 15) is 4.79 Å². The topological polar surface area (TPSA) is 71.1 Å². The number of amides is 1. The predicted molar refractivity (Wildman–Crippen MR) is 89.1 cm³/mol. The van der Waals surface area contributed by atoms with E-state index in [-0.39, 0.29) is 11.9 Å². The third kappa shape index (κ3) is 3.11. The van der Waals surface area contributed by atoms with E-state index in [4.69, 9.17) is 16.3 Å². The molecule has 24 heavy (non-hydrogen) atoms. The number of H-pyrrole nitrogens is 1. The molecule has 1 atom stereocenters. The maximum atomic E-state index is 12.8. The molecule has 4 rings (SSSR count). The van der Waals surface area contributed by atoms with Gasteiger partial charge in [0.05, 0.1) is 18.2 Å². The third-order valence-corrected chi connectivity index (χ3v) is 4.83. The molecule has 0 bridgehead atoms. The van der Waals surface area contributed by atoms with Crippen molar-refractivity contribution < 1.29 is 9.53 Å². The molecule has 3 heterocycles. The van der Waals surface area contributed by atoms with Crippen LogP contribution in [0.5, 0.6) is 5.88 Å². The summed E-state index contributed by atoms with van der Waals surface area (Å²) in [5.74, 6) is 1.79. The molecular formula is C17H19ClN4O2. The smallest absolute Gasteiger partial charge is 0.256 e. The first-order valence-electron chi connectivity index (χ1n) is 8.31. The van der Waals surface area contributed by atoms with Crippen molar-refractivity contribution in [3.8, 4) is 5.88 Å². The second kappa shape index (κ2) is 6.43. The van der Waals surface area contributed by atoms with Gasteiger partial charge in [-0.15, -0.1) is 0 Å². The first-order valence-corrected chi connectivity index (χ1v) is 8.69. The number of carbonyl (C=O) groups excluding carboxylic acids is 1. The fraction of sp³-hybridized carbons (Fsp3) is 0.471. The minimum Gasteiger partial charge on any atom is -0.476 e. The first-order chi connectivity index (χ1) is 11.7. The van der Waals surface area contributed by atoms with E-state index in [1.807, 2.05) is 4.90 Å². The highest BCUT2D eigenvalue weighted by Crippen LogP contribution is 2.33. The average molecular weight is 347 g/mol. The van der Waals surface area contributed by atoms with Crippen LogP contribution in [0.4, 0.5) is 0 Å². The molecule has 0 aromatic carbocycles. The zero-order valence-corrected chi connectivity index (χ0v) is 14.0. The average Bonchev–Trinajstić information content (AvgIpc) is 3.06. The van der Waals surface area contributed by atoms with Gasteiger partial charge in [-0.25, -0.2) is 9.97 Å². The molecular weight excluding hydrogens is 328 g/mol. The second-order valence-corrected chi connectivity index (χ2v) is 6.80. The number of nitrogens with zero attached hydrogens (tertiary/aromatic N) is 3. The Morgan fingerprint density at radius 1 is 1.38 bits per heavy atom. The van der Waals surface area contributed by atoms with Gasteiger partial charge in [0.15, 0.2) is 0 Å². The molecule has 1 amide bonds. The highest BCUT2D eigenvalue weighted by atomic mass is 35.5. The fourth-order valence-corrected chi connectivity index (χ4v) is 3.27. The molecule has 2 fully saturated rings. The van der Waals surface area contributed by atoms with Gasteiger partial charge in [0.1, 0.15) is 10.8 Å². The molecule has 1 aliphatic heterocycles. The standard InChI is InChI=1S/C17H19ClN4O2/c18-13-8-12(9-21-16(13)24-10-11-3-4-11)17(23)22-7-1-2-14(22)15-19-5-6-20-15/h5-6,8-9,11,14H,1-4,7,10H2,(H,19,20). The lowest BCUT2D eigenvalue weighted by Gasteiger charge is -2.23. The number of halogens is 1. The van der Waals surface area contributed by atoms with Crippen LogP contribution in [0.15, 0.2) is 24.7 Å². The highest BCUT2D eigenvalue weighted by Gasteiger charge is 2.32. The molecule has 0 radical (unpaired) electrons. The normalized spacial score (nSPS) is 20.4. The molecule has 2 aromatic heterocycles. The molecule has 1 aliphatic carbocycles. The summed E-state index contributed by atoms with van der Waals surface area (Å²) in [6.45, 7) is 1.36. The fourth-order valence-electron chi connectivity index (χ4n) is 3.05. The Kier molecular flexibility index (Phi) is 4.14. The Morgan fingerprint density at radius 2 is 2.25 bits per heavy atom. The number of aromatic nitrogens is 3. The summed E-state index contributed by atoms with van der Waals surface area (Å²) in [6, 6.07) is 1.63. The maximum absolute atomic E-state index is 12.8. The number of carbonyl (C=O) groups is 1. The number of hydrogen-bond acceptors (Lipinski definition) is 4. The van der Waals surface area contributed by atoms with Crippen LogP contribution in [0.1, 0.15) is 47.9 Å². The largest absolute Gasteiger partial charge is 0.476 e. The summed E-state index contributed by atoms with van der Waals surface area (Å²) >= 11 is 6.24. The number of likely N-dealkylation sites (tertiary alicyclic amines) is 1. The summed E-state index contributed by atoms with van der Waals surface area (Å²) in [5, 5.41) is 0.384. The van der Waals surface area contributed by atoms with E-state index < -0.39 is 0 Å². The molecule has 6 nitrogen and oxygen atoms in total. The molecule has 1 saturated carbocycles. The lowest BCUT2D eigenvalue weighted by molar-refractivity contribution is 0.0730. The Bertz CT molecular complexity index is 730. The lowest BCUT2D eigenvalue weighted by atomic mass is 10.2. The SMILES string of the molecule is O=C(c1cnc(OCC2CC2)c(Cl)c1)N1CCCC1c1ncc[nH]1. The molecule has 7 heteroatoms. The van der Waals surface area contributed by atoms with Gasteiger partial charge in [-0.05, 0) is 37.7 Å². The van der Waals surface area contributed by atoms with Crippen LogP contribution in [-0.2, 0) is 0 Å². The van der Waals surface area contributed by atoms with Gasteiger partial charge in [-0.2, -0.15) is 0 Å². The number of rotatable bonds is 5. The van der Waals surface area contributed by atoms with Crippen LogP contribution in [0.3, 0.4) is 0 Å². The third-order valence-electron chi connectivity index (χ3n) is 4.56.